The lowest BCUT2D eigenvalue weighted by Gasteiger charge is -2.35. The van der Waals surface area contributed by atoms with Crippen LogP contribution in [0.15, 0.2) is 59.4 Å². The number of pyridine rings is 2. The number of nitrogens with one attached hydrogen (secondary N) is 1. The molecule has 3 N–H and O–H groups in total. The third kappa shape index (κ3) is 4.01. The summed E-state index contributed by atoms with van der Waals surface area (Å²) in [6.45, 7) is 3.59. The van der Waals surface area contributed by atoms with Crippen LogP contribution in [0.25, 0.3) is 22.3 Å². The molecule has 2 aromatic carbocycles. The van der Waals surface area contributed by atoms with Crippen molar-refractivity contribution in [2.24, 2.45) is 0 Å². The molecule has 0 spiro atoms. The van der Waals surface area contributed by atoms with Gasteiger partial charge in [0.15, 0.2) is 0 Å². The molecule has 0 radical (unpaired) electrons. The molecule has 0 unspecified atom stereocenters. The van der Waals surface area contributed by atoms with Gasteiger partial charge in [-0.15, -0.1) is 12.4 Å². The molecular formula is C29H27ClN4O5. The van der Waals surface area contributed by atoms with Crippen molar-refractivity contribution in [1.82, 2.24) is 9.55 Å². The number of halogens is 1. The van der Waals surface area contributed by atoms with Gasteiger partial charge in [0.2, 0.25) is 5.60 Å². The number of hydrogen-bond donors (Lipinski definition) is 2. The van der Waals surface area contributed by atoms with Gasteiger partial charge in [0, 0.05) is 35.7 Å². The molecule has 4 heterocycles. The third-order valence-corrected chi connectivity index (χ3v) is 7.34. The number of hydrogen-bond acceptors (Lipinski definition) is 8. The van der Waals surface area contributed by atoms with E-state index in [0.29, 0.717) is 40.3 Å². The fraction of sp³-hybridized carbons (Fsp3) is 0.241. The molecule has 0 bridgehead atoms. The van der Waals surface area contributed by atoms with Crippen molar-refractivity contribution in [2.45, 2.75) is 45.6 Å². The molecule has 2 aromatic heterocycles. The van der Waals surface area contributed by atoms with E-state index in [1.54, 1.807) is 17.6 Å². The van der Waals surface area contributed by atoms with E-state index in [2.05, 4.69) is 5.32 Å². The van der Waals surface area contributed by atoms with Crippen LogP contribution in [0.4, 0.5) is 11.4 Å². The average Bonchev–Trinajstić information content (AvgIpc) is 3.28. The highest BCUT2D eigenvalue weighted by Gasteiger charge is 2.50. The van der Waals surface area contributed by atoms with Crippen molar-refractivity contribution in [3.8, 4) is 11.4 Å². The summed E-state index contributed by atoms with van der Waals surface area (Å²) in [6.07, 6.45) is 0.125. The summed E-state index contributed by atoms with van der Waals surface area (Å²) in [7, 11) is 0. The fourth-order valence-corrected chi connectivity index (χ4v) is 5.54. The summed E-state index contributed by atoms with van der Waals surface area (Å²) in [4.78, 5) is 43.6. The van der Waals surface area contributed by atoms with Crippen molar-refractivity contribution in [3.63, 3.8) is 0 Å². The predicted octanol–water partition coefficient (Wildman–Crippen LogP) is 4.27. The van der Waals surface area contributed by atoms with Crippen molar-refractivity contribution in [3.05, 3.63) is 87.2 Å². The minimum Gasteiger partial charge on any atom is -0.457 e. The molecule has 0 saturated heterocycles. The lowest BCUT2D eigenvalue weighted by molar-refractivity contribution is -0.188. The third-order valence-electron chi connectivity index (χ3n) is 7.34. The first-order chi connectivity index (χ1) is 18.3. The second-order valence-corrected chi connectivity index (χ2v) is 9.56. The number of anilines is 2. The molecule has 200 valence electrons. The summed E-state index contributed by atoms with van der Waals surface area (Å²) < 4.78 is 12.5. The molecule has 0 aliphatic carbocycles. The zero-order valence-electron chi connectivity index (χ0n) is 21.4. The highest BCUT2D eigenvalue weighted by molar-refractivity contribution is 6.04. The molecule has 2 aliphatic rings. The number of benzene rings is 2. The molecule has 9 nitrogen and oxygen atoms in total. The first kappa shape index (κ1) is 26.2. The van der Waals surface area contributed by atoms with Crippen LogP contribution in [0.1, 0.15) is 42.5 Å². The Hall–Kier alpha value is -4.37. The van der Waals surface area contributed by atoms with Crippen LogP contribution in [0.3, 0.4) is 0 Å². The van der Waals surface area contributed by atoms with Gasteiger partial charge in [0.1, 0.15) is 6.61 Å². The number of cyclic esters (lactones) is 1. The van der Waals surface area contributed by atoms with Crippen LogP contribution in [0.2, 0.25) is 0 Å². The first-order valence-corrected chi connectivity index (χ1v) is 12.5. The van der Waals surface area contributed by atoms with Gasteiger partial charge in [-0.3, -0.25) is 9.59 Å². The van der Waals surface area contributed by atoms with Gasteiger partial charge in [-0.2, -0.15) is 0 Å². The smallest absolute Gasteiger partial charge is 0.355 e. The quantitative estimate of drug-likeness (QED) is 0.247. The number of carbonyl (C=O) groups is 2. The molecule has 6 rings (SSSR count). The molecular weight excluding hydrogens is 520 g/mol. The van der Waals surface area contributed by atoms with Gasteiger partial charge in [-0.05, 0) is 30.2 Å². The Morgan fingerprint density at radius 2 is 1.92 bits per heavy atom. The summed E-state index contributed by atoms with van der Waals surface area (Å²) in [5.41, 5.74) is 10.2. The van der Waals surface area contributed by atoms with E-state index in [1.807, 2.05) is 48.5 Å². The second-order valence-electron chi connectivity index (χ2n) is 9.56. The number of nitrogens with two attached hydrogens (primary N) is 1. The summed E-state index contributed by atoms with van der Waals surface area (Å²) in [5.74, 6) is -1.32. The predicted molar refractivity (Wildman–Crippen MR) is 150 cm³/mol. The highest BCUT2D eigenvalue weighted by atomic mass is 35.5. The molecule has 2 aliphatic heterocycles. The van der Waals surface area contributed by atoms with Crippen molar-refractivity contribution < 1.29 is 19.1 Å². The van der Waals surface area contributed by atoms with E-state index < -0.39 is 17.5 Å². The minimum atomic E-state index is -1.69. The average molecular weight is 547 g/mol. The SMILES string of the molecule is CC[C@@]1(OC(C)=O)C(=O)OCc2c1cc1n(c2=O)Cc2c-1nc1cccc(N)c1c2NCc1ccccc1.Cl. The van der Waals surface area contributed by atoms with Gasteiger partial charge in [-0.1, -0.05) is 43.3 Å². The number of nitrogen functional groups attached to an aromatic ring is 1. The maximum absolute atomic E-state index is 13.8. The molecule has 0 fully saturated rings. The van der Waals surface area contributed by atoms with Gasteiger partial charge in [0.25, 0.3) is 5.56 Å². The number of fused-ring (bicyclic) bond motifs is 5. The van der Waals surface area contributed by atoms with Crippen molar-refractivity contribution >= 4 is 46.6 Å². The number of carbonyl (C=O) groups excluding carboxylic acids is 2. The monoisotopic (exact) mass is 546 g/mol. The summed E-state index contributed by atoms with van der Waals surface area (Å²) in [6, 6.07) is 17.3. The Morgan fingerprint density at radius 3 is 2.64 bits per heavy atom. The van der Waals surface area contributed by atoms with Crippen LogP contribution in [0, 0.1) is 0 Å². The number of rotatable bonds is 5. The Morgan fingerprint density at radius 1 is 1.15 bits per heavy atom. The van der Waals surface area contributed by atoms with Gasteiger partial charge >= 0.3 is 11.9 Å². The van der Waals surface area contributed by atoms with E-state index in [4.69, 9.17) is 20.2 Å². The normalized spacial score (nSPS) is 16.9. The Labute approximate surface area is 230 Å². The van der Waals surface area contributed by atoms with Gasteiger partial charge in [0.05, 0.1) is 34.7 Å². The van der Waals surface area contributed by atoms with Crippen molar-refractivity contribution in [1.29, 1.82) is 0 Å². The molecule has 10 heteroatoms. The van der Waals surface area contributed by atoms with E-state index in [1.165, 1.54) is 6.92 Å². The maximum Gasteiger partial charge on any atom is 0.355 e. The van der Waals surface area contributed by atoms with Crippen LogP contribution in [0.5, 0.6) is 0 Å². The van der Waals surface area contributed by atoms with E-state index in [9.17, 15) is 14.4 Å². The van der Waals surface area contributed by atoms with Gasteiger partial charge < -0.3 is 25.1 Å². The van der Waals surface area contributed by atoms with E-state index >= 15 is 0 Å². The number of esters is 2. The zero-order chi connectivity index (χ0) is 26.6. The molecule has 1 atom stereocenters. The standard InChI is InChI=1S/C29H26N4O5.ClH/c1-3-29(38-16(2)34)20-12-23-25-18(14-33(23)27(35)19(20)15-37-28(29)36)26(31-13-17-8-5-4-6-9-17)24-21(30)10-7-11-22(24)32-25;/h4-12H,3,13-15,30H2,1-2H3,(H,31,32);1H/t29-;/m0./s1. The topological polar surface area (TPSA) is 126 Å². The molecule has 4 aromatic rings. The summed E-state index contributed by atoms with van der Waals surface area (Å²) in [5, 5.41) is 4.33. The lowest BCUT2D eigenvalue weighted by Crippen LogP contribution is -2.47. The van der Waals surface area contributed by atoms with Crippen LogP contribution < -0.4 is 16.6 Å². The lowest BCUT2D eigenvalue weighted by atomic mass is 9.85. The van der Waals surface area contributed by atoms with E-state index in [0.717, 1.165) is 22.2 Å². The Balaban J connectivity index is 0.00000308. The Bertz CT molecular complexity index is 1700. The fourth-order valence-electron chi connectivity index (χ4n) is 5.54. The zero-order valence-corrected chi connectivity index (χ0v) is 22.3. The van der Waals surface area contributed by atoms with Gasteiger partial charge in [-0.25, -0.2) is 9.78 Å². The molecule has 0 saturated carbocycles. The molecule has 39 heavy (non-hydrogen) atoms. The maximum atomic E-state index is 13.8. The number of ether oxygens (including phenoxy) is 2. The molecule has 0 amide bonds. The van der Waals surface area contributed by atoms with Crippen LogP contribution in [-0.2, 0) is 44.4 Å². The van der Waals surface area contributed by atoms with Crippen LogP contribution >= 0.6 is 12.4 Å². The van der Waals surface area contributed by atoms with E-state index in [-0.39, 0.29) is 37.5 Å². The minimum absolute atomic E-state index is 0. The highest BCUT2D eigenvalue weighted by Crippen LogP contribution is 2.44. The largest absolute Gasteiger partial charge is 0.457 e. The number of aromatic nitrogens is 2. The van der Waals surface area contributed by atoms with Crippen LogP contribution in [-0.4, -0.2) is 21.5 Å². The first-order valence-electron chi connectivity index (χ1n) is 12.5. The number of nitrogens with zero attached hydrogens (tertiary/aromatic N) is 2. The van der Waals surface area contributed by atoms with Crippen molar-refractivity contribution in [2.75, 3.05) is 11.1 Å². The Kier molecular flexibility index (Phi) is 6.56. The second kappa shape index (κ2) is 9.74. The summed E-state index contributed by atoms with van der Waals surface area (Å²) >= 11 is 0.